The van der Waals surface area contributed by atoms with Crippen LogP contribution in [-0.4, -0.2) is 65.0 Å². The molecular weight excluding hydrogens is 226 g/mol. The van der Waals surface area contributed by atoms with Crippen molar-refractivity contribution in [2.45, 2.75) is 18.4 Å². The molecule has 0 aliphatic carbocycles. The number of urea groups is 1. The van der Waals surface area contributed by atoms with Gasteiger partial charge in [0.05, 0.1) is 0 Å². The molecule has 17 heavy (non-hydrogen) atoms. The lowest BCUT2D eigenvalue weighted by molar-refractivity contribution is -0.143. The van der Waals surface area contributed by atoms with Crippen LogP contribution in [0, 0.1) is 0 Å². The number of rotatable bonds is 2. The second-order valence-electron chi connectivity index (χ2n) is 4.44. The van der Waals surface area contributed by atoms with Crippen LogP contribution < -0.4 is 5.32 Å². The summed E-state index contributed by atoms with van der Waals surface area (Å²) in [7, 11) is 1.55. The van der Waals surface area contributed by atoms with E-state index < -0.39 is 30.0 Å². The first-order valence-corrected chi connectivity index (χ1v) is 5.51. The van der Waals surface area contributed by atoms with Crippen molar-refractivity contribution >= 4 is 17.9 Å². The maximum absolute atomic E-state index is 12.2. The first-order chi connectivity index (χ1) is 7.99. The molecule has 2 saturated heterocycles. The fourth-order valence-corrected chi connectivity index (χ4v) is 2.48. The molecule has 2 rings (SSSR count). The Morgan fingerprint density at radius 3 is 2.76 bits per heavy atom. The predicted octanol–water partition coefficient (Wildman–Crippen LogP) is -0.913. The highest BCUT2D eigenvalue weighted by Crippen LogP contribution is 2.32. The molecular formula is C10H15N3O4. The Bertz CT molecular complexity index is 376. The Balaban J connectivity index is 2.27. The molecule has 1 atom stereocenters. The number of carboxylic acids is 1. The Kier molecular flexibility index (Phi) is 2.78. The normalized spacial score (nSPS) is 29.2. The molecule has 0 aromatic carbocycles. The van der Waals surface area contributed by atoms with Gasteiger partial charge in [-0.15, -0.1) is 0 Å². The fourth-order valence-electron chi connectivity index (χ4n) is 2.48. The van der Waals surface area contributed by atoms with Crippen molar-refractivity contribution in [1.82, 2.24) is 15.1 Å². The molecule has 2 heterocycles. The van der Waals surface area contributed by atoms with Crippen LogP contribution >= 0.6 is 0 Å². The number of nitrogens with one attached hydrogen (secondary N) is 1. The van der Waals surface area contributed by atoms with Crippen molar-refractivity contribution in [3.8, 4) is 0 Å². The first kappa shape index (κ1) is 11.8. The fraction of sp³-hybridized carbons (Fsp3) is 0.700. The number of carboxylic acid groups (broad SMARTS) is 1. The van der Waals surface area contributed by atoms with E-state index in [1.54, 1.807) is 7.05 Å². The number of piperidine rings is 1. The summed E-state index contributed by atoms with van der Waals surface area (Å²) in [5.74, 6) is -1.58. The standard InChI is InChI=1S/C10H15N3O4/c1-12-9(17)13(5-7(14)15)8(16)10(12)3-2-4-11-6-10/h11H,2-6H2,1H3,(H,14,15)/t10-/m0/s1. The second-order valence-corrected chi connectivity index (χ2v) is 4.44. The molecule has 3 amide bonds. The van der Waals surface area contributed by atoms with Gasteiger partial charge in [-0.1, -0.05) is 0 Å². The lowest BCUT2D eigenvalue weighted by atomic mass is 9.89. The molecule has 0 aromatic heterocycles. The number of carbonyl (C=O) groups excluding carboxylic acids is 2. The highest BCUT2D eigenvalue weighted by Gasteiger charge is 2.56. The van der Waals surface area contributed by atoms with E-state index in [1.807, 2.05) is 0 Å². The van der Waals surface area contributed by atoms with E-state index in [2.05, 4.69) is 5.32 Å². The van der Waals surface area contributed by atoms with Gasteiger partial charge in [0, 0.05) is 13.6 Å². The zero-order chi connectivity index (χ0) is 12.6. The number of hydrogen-bond donors (Lipinski definition) is 2. The van der Waals surface area contributed by atoms with E-state index in [4.69, 9.17) is 5.11 Å². The molecule has 1 spiro atoms. The van der Waals surface area contributed by atoms with E-state index in [9.17, 15) is 14.4 Å². The summed E-state index contributed by atoms with van der Waals surface area (Å²) in [5.41, 5.74) is -0.884. The molecule has 7 nitrogen and oxygen atoms in total. The van der Waals surface area contributed by atoms with Gasteiger partial charge in [0.25, 0.3) is 5.91 Å². The molecule has 2 N–H and O–H groups in total. The smallest absolute Gasteiger partial charge is 0.328 e. The van der Waals surface area contributed by atoms with Gasteiger partial charge < -0.3 is 15.3 Å². The summed E-state index contributed by atoms with van der Waals surface area (Å²) in [6.45, 7) is 0.643. The quantitative estimate of drug-likeness (QED) is 0.611. The zero-order valence-electron chi connectivity index (χ0n) is 9.60. The predicted molar refractivity (Wildman–Crippen MR) is 57.3 cm³/mol. The van der Waals surface area contributed by atoms with E-state index >= 15 is 0 Å². The third-order valence-corrected chi connectivity index (χ3v) is 3.46. The molecule has 7 heteroatoms. The van der Waals surface area contributed by atoms with Gasteiger partial charge in [0.2, 0.25) is 0 Å². The molecule has 0 unspecified atom stereocenters. The summed E-state index contributed by atoms with van der Waals surface area (Å²) in [6, 6.07) is -0.527. The van der Waals surface area contributed by atoms with Crippen LogP contribution in [-0.2, 0) is 9.59 Å². The summed E-state index contributed by atoms with van der Waals surface area (Å²) >= 11 is 0. The van der Waals surface area contributed by atoms with Crippen molar-refractivity contribution in [2.24, 2.45) is 0 Å². The molecule has 0 bridgehead atoms. The summed E-state index contributed by atoms with van der Waals surface area (Å²) < 4.78 is 0. The third-order valence-electron chi connectivity index (χ3n) is 3.46. The van der Waals surface area contributed by atoms with Gasteiger partial charge in [0.15, 0.2) is 0 Å². The monoisotopic (exact) mass is 241 g/mol. The maximum atomic E-state index is 12.2. The van der Waals surface area contributed by atoms with Crippen molar-refractivity contribution in [2.75, 3.05) is 26.7 Å². The zero-order valence-corrected chi connectivity index (χ0v) is 9.60. The molecule has 94 valence electrons. The number of nitrogens with zero attached hydrogens (tertiary/aromatic N) is 2. The molecule has 0 aromatic rings. The van der Waals surface area contributed by atoms with Gasteiger partial charge in [-0.05, 0) is 19.4 Å². The minimum absolute atomic E-state index is 0.393. The maximum Gasteiger partial charge on any atom is 0.328 e. The number of likely N-dealkylation sites (N-methyl/N-ethyl adjacent to an activating group) is 1. The number of hydrogen-bond acceptors (Lipinski definition) is 4. The Hall–Kier alpha value is -1.63. The average Bonchev–Trinajstić information content (AvgIpc) is 2.47. The largest absolute Gasteiger partial charge is 0.480 e. The van der Waals surface area contributed by atoms with Crippen LogP contribution in [0.2, 0.25) is 0 Å². The first-order valence-electron chi connectivity index (χ1n) is 5.51. The van der Waals surface area contributed by atoms with E-state index in [-0.39, 0.29) is 0 Å². The van der Waals surface area contributed by atoms with Crippen LogP contribution in [0.4, 0.5) is 4.79 Å². The van der Waals surface area contributed by atoms with Crippen LogP contribution in [0.1, 0.15) is 12.8 Å². The van der Waals surface area contributed by atoms with Crippen LogP contribution in [0.5, 0.6) is 0 Å². The third kappa shape index (κ3) is 1.66. The van der Waals surface area contributed by atoms with E-state index in [0.717, 1.165) is 17.9 Å². The highest BCUT2D eigenvalue weighted by molar-refractivity contribution is 6.08. The van der Waals surface area contributed by atoms with Crippen LogP contribution in [0.25, 0.3) is 0 Å². The van der Waals surface area contributed by atoms with Crippen molar-refractivity contribution < 1.29 is 19.5 Å². The number of amides is 3. The van der Waals surface area contributed by atoms with Gasteiger partial charge in [0.1, 0.15) is 12.1 Å². The Labute approximate surface area is 98.4 Å². The topological polar surface area (TPSA) is 90.0 Å². The highest BCUT2D eigenvalue weighted by atomic mass is 16.4. The van der Waals surface area contributed by atoms with Crippen LogP contribution in [0.15, 0.2) is 0 Å². The molecule has 0 saturated carbocycles. The van der Waals surface area contributed by atoms with Crippen molar-refractivity contribution in [3.63, 3.8) is 0 Å². The SMILES string of the molecule is CN1C(=O)N(CC(=O)O)C(=O)[C@@]12CCCNC2. The van der Waals surface area contributed by atoms with Crippen molar-refractivity contribution in [3.05, 3.63) is 0 Å². The van der Waals surface area contributed by atoms with E-state index in [1.165, 1.54) is 4.90 Å². The Morgan fingerprint density at radius 1 is 1.53 bits per heavy atom. The molecule has 2 aliphatic rings. The van der Waals surface area contributed by atoms with Gasteiger partial charge in [-0.25, -0.2) is 4.79 Å². The average molecular weight is 241 g/mol. The van der Waals surface area contributed by atoms with Crippen molar-refractivity contribution in [1.29, 1.82) is 0 Å². The summed E-state index contributed by atoms with van der Waals surface area (Å²) in [6.07, 6.45) is 1.38. The van der Waals surface area contributed by atoms with Crippen LogP contribution in [0.3, 0.4) is 0 Å². The minimum atomic E-state index is -1.18. The number of aliphatic carboxylic acids is 1. The molecule has 2 aliphatic heterocycles. The second kappa shape index (κ2) is 3.99. The lowest BCUT2D eigenvalue weighted by Gasteiger charge is -2.36. The van der Waals surface area contributed by atoms with Gasteiger partial charge >= 0.3 is 12.0 Å². The van der Waals surface area contributed by atoms with Gasteiger partial charge in [-0.3, -0.25) is 14.5 Å². The molecule has 2 fully saturated rings. The summed E-state index contributed by atoms with van der Waals surface area (Å²) in [4.78, 5) is 36.9. The number of carbonyl (C=O) groups is 3. The lowest BCUT2D eigenvalue weighted by Crippen LogP contribution is -2.57. The molecule has 0 radical (unpaired) electrons. The Morgan fingerprint density at radius 2 is 2.24 bits per heavy atom. The van der Waals surface area contributed by atoms with E-state index in [0.29, 0.717) is 13.0 Å². The number of imide groups is 1. The minimum Gasteiger partial charge on any atom is -0.480 e. The summed E-state index contributed by atoms with van der Waals surface area (Å²) in [5, 5.41) is 11.8. The van der Waals surface area contributed by atoms with Gasteiger partial charge in [-0.2, -0.15) is 0 Å².